The lowest BCUT2D eigenvalue weighted by Gasteiger charge is -2.32. The molecule has 1 heterocycles. The van der Waals surface area contributed by atoms with Crippen molar-refractivity contribution in [2.75, 3.05) is 6.54 Å². The molecule has 1 aliphatic heterocycles. The summed E-state index contributed by atoms with van der Waals surface area (Å²) in [4.78, 5) is 13.7. The van der Waals surface area contributed by atoms with E-state index in [0.29, 0.717) is 12.3 Å². The molecule has 14 heavy (non-hydrogen) atoms. The highest BCUT2D eigenvalue weighted by atomic mass is 16.1. The third-order valence-electron chi connectivity index (χ3n) is 2.82. The van der Waals surface area contributed by atoms with E-state index in [9.17, 15) is 4.79 Å². The van der Waals surface area contributed by atoms with Crippen LogP contribution in [0.5, 0.6) is 0 Å². The number of carbonyl (C=O) groups excluding carboxylic acids is 1. The maximum Gasteiger partial charge on any atom is 0.166 e. The van der Waals surface area contributed by atoms with Crippen molar-refractivity contribution in [3.8, 4) is 0 Å². The van der Waals surface area contributed by atoms with E-state index >= 15 is 0 Å². The van der Waals surface area contributed by atoms with E-state index in [1.165, 1.54) is 0 Å². The molecule has 2 heteroatoms. The molecule has 2 nitrogen and oxygen atoms in total. The fraction of sp³-hybridized carbons (Fsp3) is 0.417. The minimum Gasteiger partial charge on any atom is -0.348 e. The van der Waals surface area contributed by atoms with Gasteiger partial charge in [-0.1, -0.05) is 25.7 Å². The molecule has 0 radical (unpaired) electrons. The number of piperidine rings is 1. The molecule has 1 saturated heterocycles. The Morgan fingerprint density at radius 1 is 1.64 bits per heavy atom. The number of Topliss-reactive ketones (excluding diaryl/α,β-unsaturated/α-hetero) is 1. The van der Waals surface area contributed by atoms with Crippen LogP contribution in [0.4, 0.5) is 0 Å². The van der Waals surface area contributed by atoms with Gasteiger partial charge < -0.3 is 4.90 Å². The van der Waals surface area contributed by atoms with Gasteiger partial charge in [0.2, 0.25) is 0 Å². The number of ketones is 1. The highest BCUT2D eigenvalue weighted by Gasteiger charge is 2.26. The van der Waals surface area contributed by atoms with Crippen molar-refractivity contribution in [2.24, 2.45) is 5.92 Å². The van der Waals surface area contributed by atoms with Crippen LogP contribution in [0, 0.1) is 5.92 Å². The number of hydrogen-bond donors (Lipinski definition) is 0. The minimum atomic E-state index is 0.279. The molecule has 0 unspecified atom stereocenters. The Bertz CT molecular complexity index is 338. The molecule has 74 valence electrons. The van der Waals surface area contributed by atoms with Crippen LogP contribution in [-0.4, -0.2) is 17.2 Å². The van der Waals surface area contributed by atoms with Crippen LogP contribution in [0.3, 0.4) is 0 Å². The number of nitrogens with zero attached hydrogens (tertiary/aromatic N) is 1. The lowest BCUT2D eigenvalue weighted by molar-refractivity contribution is -0.116. The minimum absolute atomic E-state index is 0.279. The van der Waals surface area contributed by atoms with E-state index in [1.807, 2.05) is 6.20 Å². The molecule has 0 N–H and O–H groups in total. The molecular formula is C12H15NO. The standard InChI is InChI=1S/C12H15NO/c1-3-13-7-6-12(14)10-8-9(2)4-5-11(10)13/h3,5,8-9H,1,4,6-7H2,2H3/t9-/m1/s1. The quantitative estimate of drug-likeness (QED) is 0.630. The molecule has 0 amide bonds. The maximum absolute atomic E-state index is 11.7. The van der Waals surface area contributed by atoms with Crippen LogP contribution in [0.15, 0.2) is 36.2 Å². The lowest BCUT2D eigenvalue weighted by Crippen LogP contribution is -2.31. The van der Waals surface area contributed by atoms with E-state index in [1.54, 1.807) is 0 Å². The monoisotopic (exact) mass is 189 g/mol. The number of likely N-dealkylation sites (tertiary alicyclic amines) is 1. The summed E-state index contributed by atoms with van der Waals surface area (Å²) in [6.45, 7) is 6.68. The van der Waals surface area contributed by atoms with E-state index in [0.717, 1.165) is 24.2 Å². The second kappa shape index (κ2) is 3.45. The first kappa shape index (κ1) is 9.25. The Morgan fingerprint density at radius 2 is 2.43 bits per heavy atom. The van der Waals surface area contributed by atoms with E-state index in [-0.39, 0.29) is 5.78 Å². The molecule has 0 aromatic rings. The molecule has 2 aliphatic rings. The molecular weight excluding hydrogens is 174 g/mol. The van der Waals surface area contributed by atoms with Gasteiger partial charge in [0.25, 0.3) is 0 Å². The summed E-state index contributed by atoms with van der Waals surface area (Å²) >= 11 is 0. The second-order valence-corrected chi connectivity index (χ2v) is 3.93. The number of hydrogen-bond acceptors (Lipinski definition) is 2. The molecule has 2 rings (SSSR count). The molecule has 0 spiro atoms. The van der Waals surface area contributed by atoms with Crippen LogP contribution in [0.25, 0.3) is 0 Å². The summed E-state index contributed by atoms with van der Waals surface area (Å²) in [5.41, 5.74) is 1.96. The molecule has 1 aliphatic carbocycles. The predicted octanol–water partition coefficient (Wildman–Crippen LogP) is 2.25. The van der Waals surface area contributed by atoms with Crippen molar-refractivity contribution in [1.29, 1.82) is 0 Å². The fourth-order valence-electron chi connectivity index (χ4n) is 2.02. The Balaban J connectivity index is 2.36. The van der Waals surface area contributed by atoms with E-state index < -0.39 is 0 Å². The van der Waals surface area contributed by atoms with Crippen molar-refractivity contribution < 1.29 is 4.79 Å². The predicted molar refractivity (Wildman–Crippen MR) is 56.5 cm³/mol. The smallest absolute Gasteiger partial charge is 0.166 e. The third-order valence-corrected chi connectivity index (χ3v) is 2.82. The van der Waals surface area contributed by atoms with Gasteiger partial charge in [0.15, 0.2) is 5.78 Å². The van der Waals surface area contributed by atoms with Gasteiger partial charge in [0, 0.05) is 24.2 Å². The molecule has 0 saturated carbocycles. The second-order valence-electron chi connectivity index (χ2n) is 3.93. The Morgan fingerprint density at radius 3 is 3.14 bits per heavy atom. The van der Waals surface area contributed by atoms with Crippen molar-refractivity contribution in [3.05, 3.63) is 36.2 Å². The van der Waals surface area contributed by atoms with Crippen molar-refractivity contribution in [1.82, 2.24) is 4.90 Å². The Kier molecular flexibility index (Phi) is 2.28. The summed E-state index contributed by atoms with van der Waals surface area (Å²) < 4.78 is 0. The largest absolute Gasteiger partial charge is 0.348 e. The van der Waals surface area contributed by atoms with Crippen LogP contribution in [-0.2, 0) is 4.79 Å². The first-order chi connectivity index (χ1) is 6.72. The summed E-state index contributed by atoms with van der Waals surface area (Å²) in [6, 6.07) is 0. The highest BCUT2D eigenvalue weighted by molar-refractivity contribution is 6.00. The molecule has 0 aromatic carbocycles. The van der Waals surface area contributed by atoms with Gasteiger partial charge in [-0.2, -0.15) is 0 Å². The van der Waals surface area contributed by atoms with Crippen LogP contribution in [0.1, 0.15) is 19.8 Å². The fourth-order valence-corrected chi connectivity index (χ4v) is 2.02. The Labute approximate surface area is 84.6 Å². The van der Waals surface area contributed by atoms with Crippen LogP contribution < -0.4 is 0 Å². The molecule has 0 aromatic heterocycles. The van der Waals surface area contributed by atoms with Gasteiger partial charge in [-0.15, -0.1) is 0 Å². The zero-order valence-electron chi connectivity index (χ0n) is 8.49. The van der Waals surface area contributed by atoms with Crippen molar-refractivity contribution in [2.45, 2.75) is 19.8 Å². The first-order valence-corrected chi connectivity index (χ1v) is 5.07. The summed E-state index contributed by atoms with van der Waals surface area (Å²) in [7, 11) is 0. The van der Waals surface area contributed by atoms with Gasteiger partial charge in [-0.25, -0.2) is 0 Å². The zero-order valence-corrected chi connectivity index (χ0v) is 8.49. The van der Waals surface area contributed by atoms with Crippen LogP contribution in [0.2, 0.25) is 0 Å². The summed E-state index contributed by atoms with van der Waals surface area (Å²) in [5.74, 6) is 0.767. The molecule has 1 fully saturated rings. The molecule has 0 bridgehead atoms. The topological polar surface area (TPSA) is 20.3 Å². The normalized spacial score (nSPS) is 26.5. The average Bonchev–Trinajstić information content (AvgIpc) is 2.19. The summed E-state index contributed by atoms with van der Waals surface area (Å²) in [5, 5.41) is 0. The van der Waals surface area contributed by atoms with Gasteiger partial charge in [-0.05, 0) is 18.5 Å². The Hall–Kier alpha value is -1.31. The average molecular weight is 189 g/mol. The maximum atomic E-state index is 11.7. The number of fused-ring (bicyclic) bond motifs is 1. The van der Waals surface area contributed by atoms with Gasteiger partial charge >= 0.3 is 0 Å². The third kappa shape index (κ3) is 1.41. The van der Waals surface area contributed by atoms with Crippen molar-refractivity contribution >= 4 is 5.78 Å². The SMILES string of the molecule is C=CN1CCC(=O)C2=C[C@H](C)CC=C21. The van der Waals surface area contributed by atoms with E-state index in [2.05, 4.69) is 30.6 Å². The summed E-state index contributed by atoms with van der Waals surface area (Å²) in [6.07, 6.45) is 7.69. The first-order valence-electron chi connectivity index (χ1n) is 5.07. The van der Waals surface area contributed by atoms with Gasteiger partial charge in [-0.3, -0.25) is 4.79 Å². The van der Waals surface area contributed by atoms with Crippen LogP contribution >= 0.6 is 0 Å². The van der Waals surface area contributed by atoms with Crippen molar-refractivity contribution in [3.63, 3.8) is 0 Å². The number of carbonyl (C=O) groups is 1. The highest BCUT2D eigenvalue weighted by Crippen LogP contribution is 2.30. The number of rotatable bonds is 1. The zero-order chi connectivity index (χ0) is 10.1. The van der Waals surface area contributed by atoms with Gasteiger partial charge in [0.05, 0.1) is 0 Å². The number of allylic oxidation sites excluding steroid dienone is 3. The van der Waals surface area contributed by atoms with Gasteiger partial charge in [0.1, 0.15) is 0 Å². The van der Waals surface area contributed by atoms with E-state index in [4.69, 9.17) is 0 Å². The molecule has 1 atom stereocenters. The lowest BCUT2D eigenvalue weighted by atomic mass is 9.89.